The fourth-order valence-electron chi connectivity index (χ4n) is 1.27. The quantitative estimate of drug-likeness (QED) is 0.744. The first-order valence-electron chi connectivity index (χ1n) is 4.41. The molecule has 1 N–H and O–H groups in total. The highest BCUT2D eigenvalue weighted by atomic mass is 16.3. The molecular formula is C10H15NO. The van der Waals surface area contributed by atoms with Crippen molar-refractivity contribution < 1.29 is 5.11 Å². The van der Waals surface area contributed by atoms with Crippen LogP contribution < -0.4 is 0 Å². The highest BCUT2D eigenvalue weighted by molar-refractivity contribution is 5.21. The van der Waals surface area contributed by atoms with Gasteiger partial charge in [0.15, 0.2) is 0 Å². The van der Waals surface area contributed by atoms with E-state index in [2.05, 4.69) is 4.98 Å². The molecule has 1 aromatic heterocycles. The Bertz CT molecular complexity index is 247. The van der Waals surface area contributed by atoms with Gasteiger partial charge in [0.05, 0.1) is 6.10 Å². The molecule has 1 heterocycles. The van der Waals surface area contributed by atoms with Gasteiger partial charge in [-0.25, -0.2) is 0 Å². The van der Waals surface area contributed by atoms with Gasteiger partial charge in [-0.05, 0) is 18.9 Å². The van der Waals surface area contributed by atoms with Crippen molar-refractivity contribution >= 4 is 0 Å². The van der Waals surface area contributed by atoms with Crippen LogP contribution in [0.5, 0.6) is 0 Å². The third-order valence-electron chi connectivity index (χ3n) is 2.01. The summed E-state index contributed by atoms with van der Waals surface area (Å²) in [4.78, 5) is 4.21. The third kappa shape index (κ3) is 1.83. The molecule has 12 heavy (non-hydrogen) atoms. The van der Waals surface area contributed by atoms with E-state index < -0.39 is 0 Å². The molecule has 0 aliphatic carbocycles. The number of rotatable bonds is 3. The molecule has 1 unspecified atom stereocenters. The molecule has 0 amide bonds. The Hall–Kier alpha value is -0.890. The molecule has 0 spiro atoms. The summed E-state index contributed by atoms with van der Waals surface area (Å²) in [5.41, 5.74) is 1.98. The molecule has 1 aromatic rings. The molecule has 1 atom stereocenters. The Labute approximate surface area is 73.3 Å². The topological polar surface area (TPSA) is 33.1 Å². The fraction of sp³-hybridized carbons (Fsp3) is 0.500. The zero-order chi connectivity index (χ0) is 8.97. The van der Waals surface area contributed by atoms with Gasteiger partial charge in [-0.2, -0.15) is 0 Å². The number of aliphatic hydroxyl groups is 1. The Morgan fingerprint density at radius 2 is 2.25 bits per heavy atom. The number of aliphatic hydroxyl groups excluding tert-OH is 1. The largest absolute Gasteiger partial charge is 0.388 e. The van der Waals surface area contributed by atoms with Gasteiger partial charge < -0.3 is 5.11 Å². The van der Waals surface area contributed by atoms with Crippen LogP contribution in [0.4, 0.5) is 0 Å². The standard InChI is InChI=1S/C10H15NO/c1-3-9-8(10(12)4-2)6-5-7-11-9/h5-7,10,12H,3-4H2,1-2H3. The van der Waals surface area contributed by atoms with E-state index in [1.165, 1.54) is 0 Å². The van der Waals surface area contributed by atoms with Crippen molar-refractivity contribution in [1.29, 1.82) is 0 Å². The zero-order valence-electron chi connectivity index (χ0n) is 7.62. The van der Waals surface area contributed by atoms with Crippen molar-refractivity contribution in [3.8, 4) is 0 Å². The van der Waals surface area contributed by atoms with Gasteiger partial charge in [-0.1, -0.05) is 19.9 Å². The molecule has 0 bridgehead atoms. The minimum Gasteiger partial charge on any atom is -0.388 e. The second kappa shape index (κ2) is 4.21. The molecule has 0 aliphatic rings. The van der Waals surface area contributed by atoms with E-state index in [0.717, 1.165) is 24.1 Å². The Morgan fingerprint density at radius 3 is 2.83 bits per heavy atom. The predicted molar refractivity (Wildman–Crippen MR) is 48.9 cm³/mol. The molecule has 0 saturated carbocycles. The average molecular weight is 165 g/mol. The van der Waals surface area contributed by atoms with Crippen LogP contribution in [-0.2, 0) is 6.42 Å². The average Bonchev–Trinajstić information content (AvgIpc) is 2.16. The van der Waals surface area contributed by atoms with Gasteiger partial charge in [0.25, 0.3) is 0 Å². The van der Waals surface area contributed by atoms with Gasteiger partial charge >= 0.3 is 0 Å². The fourth-order valence-corrected chi connectivity index (χ4v) is 1.27. The molecule has 66 valence electrons. The van der Waals surface area contributed by atoms with Crippen LogP contribution in [0, 0.1) is 0 Å². The monoisotopic (exact) mass is 165 g/mol. The van der Waals surface area contributed by atoms with Crippen molar-refractivity contribution in [2.45, 2.75) is 32.8 Å². The maximum absolute atomic E-state index is 9.60. The van der Waals surface area contributed by atoms with E-state index >= 15 is 0 Å². The Balaban J connectivity index is 2.96. The van der Waals surface area contributed by atoms with Crippen LogP contribution >= 0.6 is 0 Å². The molecule has 0 aromatic carbocycles. The number of nitrogens with zero attached hydrogens (tertiary/aromatic N) is 1. The lowest BCUT2D eigenvalue weighted by molar-refractivity contribution is 0.172. The Kier molecular flexibility index (Phi) is 3.23. The molecule has 0 radical (unpaired) electrons. The summed E-state index contributed by atoms with van der Waals surface area (Å²) < 4.78 is 0. The van der Waals surface area contributed by atoms with Crippen LogP contribution in [0.25, 0.3) is 0 Å². The minimum absolute atomic E-state index is 0.353. The van der Waals surface area contributed by atoms with Crippen molar-refractivity contribution in [3.05, 3.63) is 29.6 Å². The molecule has 0 saturated heterocycles. The number of aromatic nitrogens is 1. The van der Waals surface area contributed by atoms with Crippen molar-refractivity contribution in [1.82, 2.24) is 4.98 Å². The smallest absolute Gasteiger partial charge is 0.0805 e. The normalized spacial score (nSPS) is 12.9. The predicted octanol–water partition coefficient (Wildman–Crippen LogP) is 2.09. The first-order chi connectivity index (χ1) is 5.79. The Morgan fingerprint density at radius 1 is 1.50 bits per heavy atom. The lowest BCUT2D eigenvalue weighted by Crippen LogP contribution is -2.01. The summed E-state index contributed by atoms with van der Waals surface area (Å²) >= 11 is 0. The van der Waals surface area contributed by atoms with Gasteiger partial charge in [0.2, 0.25) is 0 Å². The number of hydrogen-bond donors (Lipinski definition) is 1. The van der Waals surface area contributed by atoms with E-state index in [4.69, 9.17) is 0 Å². The van der Waals surface area contributed by atoms with E-state index in [1.807, 2.05) is 26.0 Å². The third-order valence-corrected chi connectivity index (χ3v) is 2.01. The zero-order valence-corrected chi connectivity index (χ0v) is 7.62. The highest BCUT2D eigenvalue weighted by Crippen LogP contribution is 2.18. The summed E-state index contributed by atoms with van der Waals surface area (Å²) in [6, 6.07) is 3.81. The van der Waals surface area contributed by atoms with Crippen molar-refractivity contribution in [3.63, 3.8) is 0 Å². The van der Waals surface area contributed by atoms with Crippen LogP contribution in [-0.4, -0.2) is 10.1 Å². The van der Waals surface area contributed by atoms with Crippen LogP contribution in [0.15, 0.2) is 18.3 Å². The second-order valence-corrected chi connectivity index (χ2v) is 2.82. The minimum atomic E-state index is -0.353. The van der Waals surface area contributed by atoms with Crippen molar-refractivity contribution in [2.24, 2.45) is 0 Å². The summed E-state index contributed by atoms with van der Waals surface area (Å²) in [7, 11) is 0. The van der Waals surface area contributed by atoms with E-state index in [-0.39, 0.29) is 6.10 Å². The van der Waals surface area contributed by atoms with E-state index in [1.54, 1.807) is 6.20 Å². The first kappa shape index (κ1) is 9.20. The molecule has 0 aliphatic heterocycles. The highest BCUT2D eigenvalue weighted by Gasteiger charge is 2.08. The lowest BCUT2D eigenvalue weighted by Gasteiger charge is -2.11. The van der Waals surface area contributed by atoms with Gasteiger partial charge in [-0.15, -0.1) is 0 Å². The maximum atomic E-state index is 9.60. The van der Waals surface area contributed by atoms with Crippen LogP contribution in [0.1, 0.15) is 37.6 Å². The van der Waals surface area contributed by atoms with Crippen molar-refractivity contribution in [2.75, 3.05) is 0 Å². The molecule has 1 rings (SSSR count). The molecule has 0 fully saturated rings. The lowest BCUT2D eigenvalue weighted by atomic mass is 10.0. The van der Waals surface area contributed by atoms with Crippen LogP contribution in [0.3, 0.4) is 0 Å². The SMILES string of the molecule is CCc1ncccc1C(O)CC. The second-order valence-electron chi connectivity index (χ2n) is 2.82. The van der Waals surface area contributed by atoms with Crippen LogP contribution in [0.2, 0.25) is 0 Å². The summed E-state index contributed by atoms with van der Waals surface area (Å²) in [6.45, 7) is 4.02. The summed E-state index contributed by atoms with van der Waals surface area (Å²) in [5, 5.41) is 9.60. The summed E-state index contributed by atoms with van der Waals surface area (Å²) in [6.07, 6.45) is 3.05. The molecular weight excluding hydrogens is 150 g/mol. The summed E-state index contributed by atoms with van der Waals surface area (Å²) in [5.74, 6) is 0. The molecule has 2 nitrogen and oxygen atoms in total. The number of pyridine rings is 1. The van der Waals surface area contributed by atoms with E-state index in [0.29, 0.717) is 0 Å². The maximum Gasteiger partial charge on any atom is 0.0805 e. The molecule has 2 heteroatoms. The number of hydrogen-bond acceptors (Lipinski definition) is 2. The number of aryl methyl sites for hydroxylation is 1. The first-order valence-corrected chi connectivity index (χ1v) is 4.41. The van der Waals surface area contributed by atoms with Gasteiger partial charge in [0.1, 0.15) is 0 Å². The van der Waals surface area contributed by atoms with E-state index in [9.17, 15) is 5.11 Å². The van der Waals surface area contributed by atoms with Gasteiger partial charge in [-0.3, -0.25) is 4.98 Å². The van der Waals surface area contributed by atoms with Gasteiger partial charge in [0, 0.05) is 17.5 Å².